The Bertz CT molecular complexity index is 1360. The molecule has 3 rings (SSSR count). The van der Waals surface area contributed by atoms with Crippen molar-refractivity contribution in [2.75, 3.05) is 37.9 Å². The van der Waals surface area contributed by atoms with Gasteiger partial charge < -0.3 is 20.7 Å². The van der Waals surface area contributed by atoms with Crippen molar-refractivity contribution in [3.05, 3.63) is 58.9 Å². The lowest BCUT2D eigenvalue weighted by Crippen LogP contribution is -2.21. The number of nitrogens with one attached hydrogen (secondary N) is 1. The van der Waals surface area contributed by atoms with Crippen LogP contribution in [0.3, 0.4) is 0 Å². The second kappa shape index (κ2) is 11.9. The minimum absolute atomic E-state index is 0.0321. The highest BCUT2D eigenvalue weighted by molar-refractivity contribution is 7.98. The second-order valence-electron chi connectivity index (χ2n) is 7.62. The number of nitrogen functional groups attached to an aromatic ring is 1. The van der Waals surface area contributed by atoms with E-state index in [1.165, 1.54) is 11.8 Å². The van der Waals surface area contributed by atoms with E-state index in [-0.39, 0.29) is 22.9 Å². The van der Waals surface area contributed by atoms with Crippen LogP contribution in [0.15, 0.2) is 41.6 Å². The first-order valence-corrected chi connectivity index (χ1v) is 12.3. The van der Waals surface area contributed by atoms with Crippen molar-refractivity contribution in [3.8, 4) is 29.0 Å². The number of rotatable bonds is 9. The van der Waals surface area contributed by atoms with Crippen molar-refractivity contribution in [1.29, 1.82) is 10.5 Å². The molecule has 0 unspecified atom stereocenters. The SMILES string of the molecule is CCN(CC)c1ccc(-c2c(C#N)c(N)nc(SCc3ccnc(C(=O)NC)c3)c2C#N)c(OC)c1. The molecule has 0 aliphatic heterocycles. The van der Waals surface area contributed by atoms with Crippen molar-refractivity contribution < 1.29 is 9.53 Å². The molecule has 0 radical (unpaired) electrons. The van der Waals surface area contributed by atoms with Gasteiger partial charge in [0.2, 0.25) is 0 Å². The molecule has 10 heteroatoms. The number of anilines is 2. The molecule has 0 saturated carbocycles. The number of carbonyl (C=O) groups is 1. The summed E-state index contributed by atoms with van der Waals surface area (Å²) in [4.78, 5) is 22.5. The molecule has 0 bridgehead atoms. The van der Waals surface area contributed by atoms with Crippen LogP contribution in [-0.2, 0) is 5.75 Å². The molecule has 9 nitrogen and oxygen atoms in total. The fraction of sp³-hybridized carbons (Fsp3) is 0.269. The van der Waals surface area contributed by atoms with Gasteiger partial charge >= 0.3 is 0 Å². The van der Waals surface area contributed by atoms with Crippen LogP contribution in [0.25, 0.3) is 11.1 Å². The Hall–Kier alpha value is -4.28. The summed E-state index contributed by atoms with van der Waals surface area (Å²) in [5.74, 6) is 0.683. The Morgan fingerprint density at radius 3 is 2.50 bits per heavy atom. The summed E-state index contributed by atoms with van der Waals surface area (Å²) in [6, 6.07) is 13.5. The van der Waals surface area contributed by atoms with Crippen LogP contribution in [0.4, 0.5) is 11.5 Å². The van der Waals surface area contributed by atoms with E-state index in [0.29, 0.717) is 33.3 Å². The van der Waals surface area contributed by atoms with Gasteiger partial charge in [-0.1, -0.05) is 0 Å². The zero-order valence-electron chi connectivity index (χ0n) is 20.6. The third-order valence-electron chi connectivity index (χ3n) is 5.66. The fourth-order valence-corrected chi connectivity index (χ4v) is 4.75. The molecular formula is C26H27N7O2S. The van der Waals surface area contributed by atoms with Crippen LogP contribution in [0, 0.1) is 22.7 Å². The third-order valence-corrected chi connectivity index (χ3v) is 6.70. The van der Waals surface area contributed by atoms with Gasteiger partial charge in [-0.3, -0.25) is 9.78 Å². The molecule has 0 spiro atoms. The van der Waals surface area contributed by atoms with Crippen LogP contribution in [0.5, 0.6) is 5.75 Å². The molecule has 3 aromatic rings. The van der Waals surface area contributed by atoms with E-state index in [4.69, 9.17) is 10.5 Å². The first-order valence-electron chi connectivity index (χ1n) is 11.3. The summed E-state index contributed by atoms with van der Waals surface area (Å²) in [5, 5.41) is 23.0. The Labute approximate surface area is 214 Å². The second-order valence-corrected chi connectivity index (χ2v) is 8.59. The highest BCUT2D eigenvalue weighted by Crippen LogP contribution is 2.41. The molecule has 184 valence electrons. The monoisotopic (exact) mass is 501 g/mol. The molecule has 1 aromatic carbocycles. The number of nitriles is 2. The number of hydrogen-bond donors (Lipinski definition) is 2. The summed E-state index contributed by atoms with van der Waals surface area (Å²) in [6.07, 6.45) is 1.56. The highest BCUT2D eigenvalue weighted by atomic mass is 32.2. The zero-order chi connectivity index (χ0) is 26.2. The number of thioether (sulfide) groups is 1. The predicted octanol–water partition coefficient (Wildman–Crippen LogP) is 3.98. The molecule has 0 saturated heterocycles. The predicted molar refractivity (Wildman–Crippen MR) is 141 cm³/mol. The molecule has 2 aromatic heterocycles. The number of benzene rings is 1. The Balaban J connectivity index is 2.10. The van der Waals surface area contributed by atoms with Crippen LogP contribution in [0.1, 0.15) is 41.0 Å². The van der Waals surface area contributed by atoms with Crippen molar-refractivity contribution >= 4 is 29.2 Å². The van der Waals surface area contributed by atoms with Crippen LogP contribution < -0.4 is 20.7 Å². The quantitative estimate of drug-likeness (QED) is 0.416. The molecule has 0 fully saturated rings. The number of hydrogen-bond acceptors (Lipinski definition) is 9. The number of ether oxygens (including phenoxy) is 1. The maximum atomic E-state index is 11.9. The van der Waals surface area contributed by atoms with Gasteiger partial charge in [-0.2, -0.15) is 10.5 Å². The summed E-state index contributed by atoms with van der Waals surface area (Å²) in [5.41, 5.74) is 9.61. The minimum atomic E-state index is -0.289. The van der Waals surface area contributed by atoms with Crippen LogP contribution in [0.2, 0.25) is 0 Å². The van der Waals surface area contributed by atoms with Crippen LogP contribution in [-0.4, -0.2) is 43.1 Å². The van der Waals surface area contributed by atoms with Gasteiger partial charge in [0.15, 0.2) is 0 Å². The summed E-state index contributed by atoms with van der Waals surface area (Å²) in [7, 11) is 3.09. The zero-order valence-corrected chi connectivity index (χ0v) is 21.4. The van der Waals surface area contributed by atoms with Crippen molar-refractivity contribution in [3.63, 3.8) is 0 Å². The van der Waals surface area contributed by atoms with Gasteiger partial charge in [-0.05, 0) is 43.7 Å². The van der Waals surface area contributed by atoms with E-state index in [9.17, 15) is 15.3 Å². The number of methoxy groups -OCH3 is 1. The Morgan fingerprint density at radius 2 is 1.89 bits per heavy atom. The lowest BCUT2D eigenvalue weighted by atomic mass is 9.95. The number of pyridine rings is 2. The first-order chi connectivity index (χ1) is 17.4. The van der Waals surface area contributed by atoms with E-state index in [2.05, 4.69) is 46.2 Å². The lowest BCUT2D eigenvalue weighted by Gasteiger charge is -2.23. The lowest BCUT2D eigenvalue weighted by molar-refractivity contribution is 0.0958. The maximum absolute atomic E-state index is 11.9. The number of amides is 1. The summed E-state index contributed by atoms with van der Waals surface area (Å²) < 4.78 is 5.68. The molecule has 0 aliphatic carbocycles. The number of nitrogens with two attached hydrogens (primary N) is 1. The number of carbonyl (C=O) groups excluding carboxylic acids is 1. The van der Waals surface area contributed by atoms with E-state index < -0.39 is 0 Å². The van der Waals surface area contributed by atoms with Gasteiger partial charge in [0.1, 0.15) is 40.0 Å². The largest absolute Gasteiger partial charge is 0.496 e. The highest BCUT2D eigenvalue weighted by Gasteiger charge is 2.23. The minimum Gasteiger partial charge on any atom is -0.496 e. The average molecular weight is 502 g/mol. The van der Waals surface area contributed by atoms with E-state index >= 15 is 0 Å². The fourth-order valence-electron chi connectivity index (χ4n) is 3.81. The molecule has 0 aliphatic rings. The molecule has 3 N–H and O–H groups in total. The maximum Gasteiger partial charge on any atom is 0.269 e. The summed E-state index contributed by atoms with van der Waals surface area (Å²) >= 11 is 1.29. The molecule has 36 heavy (non-hydrogen) atoms. The Morgan fingerprint density at radius 1 is 1.17 bits per heavy atom. The van der Waals surface area contributed by atoms with E-state index in [1.54, 1.807) is 32.5 Å². The number of nitrogens with zero attached hydrogens (tertiary/aromatic N) is 5. The van der Waals surface area contributed by atoms with Gasteiger partial charge in [0, 0.05) is 55.0 Å². The molecule has 1 amide bonds. The standard InChI is InChI=1S/C26H27N7O2S/c1-5-33(6-2)17-7-8-18(22(12-17)35-4)23-19(13-27)24(29)32-26(20(23)14-28)36-15-16-9-10-31-21(11-16)25(34)30-3/h7-12H,5-6,15H2,1-4H3,(H2,29,32)(H,30,34). The third kappa shape index (κ3) is 5.35. The Kier molecular flexibility index (Phi) is 8.71. The molecule has 2 heterocycles. The van der Waals surface area contributed by atoms with Gasteiger partial charge in [0.05, 0.1) is 12.7 Å². The molecular weight excluding hydrogens is 474 g/mol. The topological polar surface area (TPSA) is 141 Å². The average Bonchev–Trinajstić information content (AvgIpc) is 2.91. The van der Waals surface area contributed by atoms with Gasteiger partial charge in [-0.15, -0.1) is 11.8 Å². The molecule has 0 atom stereocenters. The van der Waals surface area contributed by atoms with Crippen LogP contribution >= 0.6 is 11.8 Å². The van der Waals surface area contributed by atoms with Crippen molar-refractivity contribution in [1.82, 2.24) is 15.3 Å². The van der Waals surface area contributed by atoms with E-state index in [1.807, 2.05) is 18.2 Å². The first kappa shape index (κ1) is 26.3. The van der Waals surface area contributed by atoms with Gasteiger partial charge in [-0.25, -0.2) is 4.98 Å². The van der Waals surface area contributed by atoms with E-state index in [0.717, 1.165) is 24.3 Å². The van der Waals surface area contributed by atoms with Crippen molar-refractivity contribution in [2.24, 2.45) is 0 Å². The van der Waals surface area contributed by atoms with Crippen molar-refractivity contribution in [2.45, 2.75) is 24.6 Å². The summed E-state index contributed by atoms with van der Waals surface area (Å²) in [6.45, 7) is 5.79. The smallest absolute Gasteiger partial charge is 0.269 e. The van der Waals surface area contributed by atoms with Gasteiger partial charge in [0.25, 0.3) is 5.91 Å². The number of aromatic nitrogens is 2. The normalized spacial score (nSPS) is 10.3.